The van der Waals surface area contributed by atoms with E-state index in [1.807, 2.05) is 36.4 Å². The first kappa shape index (κ1) is 16.5. The molecule has 0 atom stereocenters. The molecule has 5 nitrogen and oxygen atoms in total. The SMILES string of the molecule is CCc1ccccc1NC(=O)c1cccnc1N1CCN(C)CC1. The van der Waals surface area contributed by atoms with Gasteiger partial charge in [0.15, 0.2) is 0 Å². The number of nitrogens with zero attached hydrogens (tertiary/aromatic N) is 3. The van der Waals surface area contributed by atoms with Crippen LogP contribution in [0.2, 0.25) is 0 Å². The van der Waals surface area contributed by atoms with E-state index >= 15 is 0 Å². The monoisotopic (exact) mass is 324 g/mol. The van der Waals surface area contributed by atoms with Gasteiger partial charge in [-0.05, 0) is 37.2 Å². The molecule has 0 unspecified atom stereocenters. The van der Waals surface area contributed by atoms with Gasteiger partial charge in [0.25, 0.3) is 5.91 Å². The normalized spacial score (nSPS) is 15.3. The first-order valence-corrected chi connectivity index (χ1v) is 8.47. The molecule has 0 saturated carbocycles. The van der Waals surface area contributed by atoms with Crippen molar-refractivity contribution in [2.24, 2.45) is 0 Å². The number of para-hydroxylation sites is 1. The van der Waals surface area contributed by atoms with Crippen molar-refractivity contribution in [2.75, 3.05) is 43.4 Å². The van der Waals surface area contributed by atoms with Crippen LogP contribution in [0.25, 0.3) is 0 Å². The lowest BCUT2D eigenvalue weighted by atomic mass is 10.1. The predicted molar refractivity (Wildman–Crippen MR) is 97.7 cm³/mol. The lowest BCUT2D eigenvalue weighted by Crippen LogP contribution is -2.45. The van der Waals surface area contributed by atoms with Crippen LogP contribution in [0, 0.1) is 0 Å². The molecule has 5 heteroatoms. The van der Waals surface area contributed by atoms with Gasteiger partial charge in [-0.15, -0.1) is 0 Å². The second-order valence-corrected chi connectivity index (χ2v) is 6.13. The Morgan fingerprint density at radius 3 is 2.62 bits per heavy atom. The average molecular weight is 324 g/mol. The molecule has 1 aliphatic heterocycles. The van der Waals surface area contributed by atoms with E-state index in [0.29, 0.717) is 5.56 Å². The van der Waals surface area contributed by atoms with Gasteiger partial charge in [0.05, 0.1) is 5.56 Å². The number of pyridine rings is 1. The van der Waals surface area contributed by atoms with Crippen molar-refractivity contribution in [3.05, 3.63) is 53.7 Å². The molecule has 3 rings (SSSR count). The Balaban J connectivity index is 1.83. The van der Waals surface area contributed by atoms with Gasteiger partial charge in [-0.2, -0.15) is 0 Å². The zero-order valence-corrected chi connectivity index (χ0v) is 14.3. The van der Waals surface area contributed by atoms with Crippen LogP contribution in [0.1, 0.15) is 22.8 Å². The molecule has 1 saturated heterocycles. The topological polar surface area (TPSA) is 48.5 Å². The van der Waals surface area contributed by atoms with Crippen LogP contribution in [0.4, 0.5) is 11.5 Å². The van der Waals surface area contributed by atoms with Crippen molar-refractivity contribution in [3.63, 3.8) is 0 Å². The minimum atomic E-state index is -0.0991. The molecule has 1 N–H and O–H groups in total. The first-order valence-electron chi connectivity index (χ1n) is 8.47. The van der Waals surface area contributed by atoms with Crippen molar-refractivity contribution in [1.82, 2.24) is 9.88 Å². The van der Waals surface area contributed by atoms with Crippen LogP contribution in [-0.2, 0) is 6.42 Å². The molecule has 2 aromatic rings. The summed E-state index contributed by atoms with van der Waals surface area (Å²) in [6.07, 6.45) is 2.64. The Kier molecular flexibility index (Phi) is 5.11. The van der Waals surface area contributed by atoms with Crippen molar-refractivity contribution in [1.29, 1.82) is 0 Å². The van der Waals surface area contributed by atoms with Crippen LogP contribution < -0.4 is 10.2 Å². The molecule has 126 valence electrons. The number of likely N-dealkylation sites (N-methyl/N-ethyl adjacent to an activating group) is 1. The number of carbonyl (C=O) groups is 1. The number of hydrogen-bond acceptors (Lipinski definition) is 4. The molecule has 0 aliphatic carbocycles. The molecular formula is C19H24N4O. The van der Waals surface area contributed by atoms with Crippen LogP contribution in [0.3, 0.4) is 0 Å². The van der Waals surface area contributed by atoms with E-state index in [1.54, 1.807) is 6.20 Å². The van der Waals surface area contributed by atoms with Gasteiger partial charge < -0.3 is 15.1 Å². The number of anilines is 2. The zero-order valence-electron chi connectivity index (χ0n) is 14.3. The molecule has 24 heavy (non-hydrogen) atoms. The molecule has 1 fully saturated rings. The second-order valence-electron chi connectivity index (χ2n) is 6.13. The van der Waals surface area contributed by atoms with Gasteiger partial charge in [0, 0.05) is 38.1 Å². The van der Waals surface area contributed by atoms with Crippen LogP contribution in [0.5, 0.6) is 0 Å². The quantitative estimate of drug-likeness (QED) is 0.939. The van der Waals surface area contributed by atoms with Crippen LogP contribution in [-0.4, -0.2) is 49.0 Å². The average Bonchev–Trinajstić information content (AvgIpc) is 2.63. The van der Waals surface area contributed by atoms with Gasteiger partial charge in [-0.25, -0.2) is 4.98 Å². The standard InChI is InChI=1S/C19H24N4O/c1-3-15-7-4-5-9-17(15)21-19(24)16-8-6-10-20-18(16)23-13-11-22(2)12-14-23/h4-10H,3,11-14H2,1-2H3,(H,21,24). The summed E-state index contributed by atoms with van der Waals surface area (Å²) in [5.74, 6) is 0.676. The van der Waals surface area contributed by atoms with E-state index in [0.717, 1.165) is 49.7 Å². The summed E-state index contributed by atoms with van der Waals surface area (Å²) in [7, 11) is 2.12. The Labute approximate surface area is 143 Å². The van der Waals surface area contributed by atoms with Crippen molar-refractivity contribution >= 4 is 17.4 Å². The molecule has 0 radical (unpaired) electrons. The largest absolute Gasteiger partial charge is 0.353 e. The summed E-state index contributed by atoms with van der Waals surface area (Å²) in [5.41, 5.74) is 2.64. The van der Waals surface area contributed by atoms with Crippen LogP contribution >= 0.6 is 0 Å². The maximum Gasteiger partial charge on any atom is 0.259 e. The van der Waals surface area contributed by atoms with Gasteiger partial charge in [0.1, 0.15) is 5.82 Å². The van der Waals surface area contributed by atoms with Gasteiger partial charge in [0.2, 0.25) is 0 Å². The zero-order chi connectivity index (χ0) is 16.9. The molecular weight excluding hydrogens is 300 g/mol. The van der Waals surface area contributed by atoms with Crippen molar-refractivity contribution in [3.8, 4) is 0 Å². The molecule has 0 spiro atoms. The maximum absolute atomic E-state index is 12.8. The fourth-order valence-electron chi connectivity index (χ4n) is 2.98. The fourth-order valence-corrected chi connectivity index (χ4v) is 2.98. The van der Waals surface area contributed by atoms with E-state index in [1.165, 1.54) is 0 Å². The number of aromatic nitrogens is 1. The molecule has 1 aromatic heterocycles. The number of aryl methyl sites for hydroxylation is 1. The third kappa shape index (κ3) is 3.57. The third-order valence-corrected chi connectivity index (χ3v) is 4.48. The molecule has 1 aliphatic rings. The van der Waals surface area contributed by atoms with E-state index in [4.69, 9.17) is 0 Å². The lowest BCUT2D eigenvalue weighted by molar-refractivity contribution is 0.102. The number of carbonyl (C=O) groups excluding carboxylic acids is 1. The number of piperazine rings is 1. The smallest absolute Gasteiger partial charge is 0.259 e. The van der Waals surface area contributed by atoms with Crippen LogP contribution in [0.15, 0.2) is 42.6 Å². The van der Waals surface area contributed by atoms with Gasteiger partial charge >= 0.3 is 0 Å². The highest BCUT2D eigenvalue weighted by atomic mass is 16.1. The summed E-state index contributed by atoms with van der Waals surface area (Å²) in [5, 5.41) is 3.05. The Hall–Kier alpha value is -2.40. The summed E-state index contributed by atoms with van der Waals surface area (Å²) >= 11 is 0. The van der Waals surface area contributed by atoms with E-state index in [9.17, 15) is 4.79 Å². The lowest BCUT2D eigenvalue weighted by Gasteiger charge is -2.34. The maximum atomic E-state index is 12.8. The predicted octanol–water partition coefficient (Wildman–Crippen LogP) is 2.65. The number of hydrogen-bond donors (Lipinski definition) is 1. The summed E-state index contributed by atoms with van der Waals surface area (Å²) in [4.78, 5) is 21.8. The van der Waals surface area contributed by atoms with Crippen molar-refractivity contribution in [2.45, 2.75) is 13.3 Å². The summed E-state index contributed by atoms with van der Waals surface area (Å²) in [6, 6.07) is 11.6. The number of benzene rings is 1. The Bertz CT molecular complexity index is 708. The minimum absolute atomic E-state index is 0.0991. The minimum Gasteiger partial charge on any atom is -0.353 e. The number of nitrogens with one attached hydrogen (secondary N) is 1. The highest BCUT2D eigenvalue weighted by molar-refractivity contribution is 6.07. The van der Waals surface area contributed by atoms with E-state index in [2.05, 4.69) is 34.1 Å². The first-order chi connectivity index (χ1) is 11.7. The Morgan fingerprint density at radius 1 is 1.12 bits per heavy atom. The number of amides is 1. The highest BCUT2D eigenvalue weighted by Gasteiger charge is 2.21. The molecule has 1 aromatic carbocycles. The third-order valence-electron chi connectivity index (χ3n) is 4.48. The molecule has 1 amide bonds. The summed E-state index contributed by atoms with van der Waals surface area (Å²) < 4.78 is 0. The van der Waals surface area contributed by atoms with E-state index in [-0.39, 0.29) is 5.91 Å². The van der Waals surface area contributed by atoms with Crippen molar-refractivity contribution < 1.29 is 4.79 Å². The summed E-state index contributed by atoms with van der Waals surface area (Å²) in [6.45, 7) is 5.83. The van der Waals surface area contributed by atoms with Gasteiger partial charge in [-0.3, -0.25) is 4.79 Å². The molecule has 0 bridgehead atoms. The van der Waals surface area contributed by atoms with E-state index < -0.39 is 0 Å². The molecule has 2 heterocycles. The number of rotatable bonds is 4. The fraction of sp³-hybridized carbons (Fsp3) is 0.368. The highest BCUT2D eigenvalue weighted by Crippen LogP contribution is 2.22. The second kappa shape index (κ2) is 7.45. The Morgan fingerprint density at radius 2 is 1.88 bits per heavy atom. The van der Waals surface area contributed by atoms with Gasteiger partial charge in [-0.1, -0.05) is 25.1 Å².